The number of aryl methyl sites for hydroxylation is 1. The van der Waals surface area contributed by atoms with Crippen LogP contribution in [-0.2, 0) is 0 Å². The minimum absolute atomic E-state index is 0.704. The standard InChI is InChI=1S/C13H9ClIN3/c1-7-4-5-16-13-11(7)17-12(18-13)9-6-8(14)2-3-10(9)15/h2-6H,1H3,(H,16,17,18). The maximum atomic E-state index is 6.04. The second-order valence-corrected chi connectivity index (χ2v) is 5.63. The van der Waals surface area contributed by atoms with Gasteiger partial charge in [-0.15, -0.1) is 0 Å². The third-order valence-electron chi connectivity index (χ3n) is 2.78. The van der Waals surface area contributed by atoms with Crippen LogP contribution < -0.4 is 0 Å². The number of hydrogen-bond donors (Lipinski definition) is 1. The Bertz CT molecular complexity index is 736. The van der Waals surface area contributed by atoms with E-state index >= 15 is 0 Å². The van der Waals surface area contributed by atoms with Crippen molar-refractivity contribution >= 4 is 45.4 Å². The third kappa shape index (κ3) is 1.99. The van der Waals surface area contributed by atoms with E-state index in [4.69, 9.17) is 11.6 Å². The fourth-order valence-corrected chi connectivity index (χ4v) is 2.60. The monoisotopic (exact) mass is 369 g/mol. The summed E-state index contributed by atoms with van der Waals surface area (Å²) in [5.41, 5.74) is 3.85. The minimum Gasteiger partial charge on any atom is -0.336 e. The van der Waals surface area contributed by atoms with Gasteiger partial charge in [0, 0.05) is 20.4 Å². The highest BCUT2D eigenvalue weighted by molar-refractivity contribution is 14.1. The summed E-state index contributed by atoms with van der Waals surface area (Å²) in [4.78, 5) is 12.1. The van der Waals surface area contributed by atoms with E-state index < -0.39 is 0 Å². The molecule has 2 aromatic heterocycles. The maximum Gasteiger partial charge on any atom is 0.178 e. The van der Waals surface area contributed by atoms with Gasteiger partial charge in [-0.2, -0.15) is 0 Å². The van der Waals surface area contributed by atoms with Crippen LogP contribution in [-0.4, -0.2) is 15.0 Å². The first-order valence-electron chi connectivity index (χ1n) is 5.42. The molecule has 1 N–H and O–H groups in total. The number of pyridine rings is 1. The summed E-state index contributed by atoms with van der Waals surface area (Å²) in [6.07, 6.45) is 1.77. The number of nitrogens with one attached hydrogen (secondary N) is 1. The van der Waals surface area contributed by atoms with Crippen LogP contribution in [0.1, 0.15) is 5.56 Å². The maximum absolute atomic E-state index is 6.04. The molecule has 0 spiro atoms. The number of fused-ring (bicyclic) bond motifs is 1. The van der Waals surface area contributed by atoms with Crippen molar-refractivity contribution < 1.29 is 0 Å². The molecule has 3 rings (SSSR count). The molecule has 0 aliphatic carbocycles. The van der Waals surface area contributed by atoms with Crippen molar-refractivity contribution in [3.05, 3.63) is 44.6 Å². The normalized spacial score (nSPS) is 11.1. The Morgan fingerprint density at radius 1 is 1.28 bits per heavy atom. The number of aromatic nitrogens is 3. The van der Waals surface area contributed by atoms with E-state index in [2.05, 4.69) is 37.5 Å². The van der Waals surface area contributed by atoms with Crippen LogP contribution in [0.5, 0.6) is 0 Å². The first-order chi connectivity index (χ1) is 8.65. The number of benzene rings is 1. The summed E-state index contributed by atoms with van der Waals surface area (Å²) in [6.45, 7) is 2.04. The molecule has 90 valence electrons. The van der Waals surface area contributed by atoms with Crippen LogP contribution in [0.15, 0.2) is 30.5 Å². The molecule has 5 heteroatoms. The Balaban J connectivity index is 2.26. The summed E-state index contributed by atoms with van der Waals surface area (Å²) in [5.74, 6) is 0.804. The van der Waals surface area contributed by atoms with E-state index in [1.807, 2.05) is 31.2 Å². The highest BCUT2D eigenvalue weighted by atomic mass is 127. The zero-order valence-electron chi connectivity index (χ0n) is 9.54. The molecule has 3 nitrogen and oxygen atoms in total. The predicted octanol–water partition coefficient (Wildman–Crippen LogP) is 4.19. The van der Waals surface area contributed by atoms with Crippen LogP contribution in [0.25, 0.3) is 22.6 Å². The number of halogens is 2. The molecule has 0 unspecified atom stereocenters. The molecule has 2 heterocycles. The average Bonchev–Trinajstić information content (AvgIpc) is 2.77. The predicted molar refractivity (Wildman–Crippen MR) is 81.8 cm³/mol. The molecule has 0 atom stereocenters. The van der Waals surface area contributed by atoms with Gasteiger partial charge in [0.2, 0.25) is 0 Å². The number of hydrogen-bond acceptors (Lipinski definition) is 2. The molecule has 0 amide bonds. The number of nitrogens with zero attached hydrogens (tertiary/aromatic N) is 2. The minimum atomic E-state index is 0.704. The zero-order chi connectivity index (χ0) is 12.7. The second kappa shape index (κ2) is 4.51. The number of aromatic amines is 1. The zero-order valence-corrected chi connectivity index (χ0v) is 12.5. The van der Waals surface area contributed by atoms with Crippen LogP contribution in [0, 0.1) is 10.5 Å². The molecule has 0 aliphatic rings. The molecule has 0 bridgehead atoms. The van der Waals surface area contributed by atoms with Crippen molar-refractivity contribution in [2.75, 3.05) is 0 Å². The molecule has 1 aromatic carbocycles. The fraction of sp³-hybridized carbons (Fsp3) is 0.0769. The Kier molecular flexibility index (Phi) is 2.99. The fourth-order valence-electron chi connectivity index (χ4n) is 1.84. The number of H-pyrrole nitrogens is 1. The van der Waals surface area contributed by atoms with Gasteiger partial charge in [0.1, 0.15) is 5.82 Å². The number of imidazole rings is 1. The van der Waals surface area contributed by atoms with Gasteiger partial charge in [0.25, 0.3) is 0 Å². The average molecular weight is 370 g/mol. The van der Waals surface area contributed by atoms with Gasteiger partial charge >= 0.3 is 0 Å². The van der Waals surface area contributed by atoms with Gasteiger partial charge in [-0.25, -0.2) is 9.97 Å². The van der Waals surface area contributed by atoms with E-state index in [1.54, 1.807) is 6.20 Å². The van der Waals surface area contributed by atoms with Gasteiger partial charge in [-0.1, -0.05) is 11.6 Å². The summed E-state index contributed by atoms with van der Waals surface area (Å²) < 4.78 is 1.11. The SMILES string of the molecule is Cc1ccnc2nc(-c3cc(Cl)ccc3I)[nH]c12. The van der Waals surface area contributed by atoms with Gasteiger partial charge in [0.15, 0.2) is 5.65 Å². The van der Waals surface area contributed by atoms with Crippen molar-refractivity contribution in [3.8, 4) is 11.4 Å². The molecule has 0 aliphatic heterocycles. The quantitative estimate of drug-likeness (QED) is 0.654. The van der Waals surface area contributed by atoms with E-state index in [0.29, 0.717) is 5.02 Å². The van der Waals surface area contributed by atoms with Crippen LogP contribution in [0.2, 0.25) is 5.02 Å². The lowest BCUT2D eigenvalue weighted by Crippen LogP contribution is -1.85. The highest BCUT2D eigenvalue weighted by Crippen LogP contribution is 2.28. The Morgan fingerprint density at radius 3 is 2.89 bits per heavy atom. The molecule has 0 radical (unpaired) electrons. The van der Waals surface area contributed by atoms with Crippen LogP contribution >= 0.6 is 34.2 Å². The first kappa shape index (κ1) is 11.9. The Morgan fingerprint density at radius 2 is 2.11 bits per heavy atom. The van der Waals surface area contributed by atoms with Crippen LogP contribution in [0.4, 0.5) is 0 Å². The summed E-state index contributed by atoms with van der Waals surface area (Å²) in [5, 5.41) is 0.704. The van der Waals surface area contributed by atoms with Crippen molar-refractivity contribution in [2.24, 2.45) is 0 Å². The summed E-state index contributed by atoms with van der Waals surface area (Å²) in [6, 6.07) is 7.73. The summed E-state index contributed by atoms with van der Waals surface area (Å²) in [7, 11) is 0. The lowest BCUT2D eigenvalue weighted by molar-refractivity contribution is 1.29. The molecule has 0 fully saturated rings. The molecule has 0 saturated heterocycles. The topological polar surface area (TPSA) is 41.6 Å². The molecule has 0 saturated carbocycles. The smallest absolute Gasteiger partial charge is 0.178 e. The second-order valence-electron chi connectivity index (χ2n) is 4.04. The van der Waals surface area contributed by atoms with Crippen molar-refractivity contribution in [1.29, 1.82) is 0 Å². The van der Waals surface area contributed by atoms with E-state index in [0.717, 1.165) is 31.7 Å². The molecule has 3 aromatic rings. The third-order valence-corrected chi connectivity index (χ3v) is 3.96. The van der Waals surface area contributed by atoms with Crippen LogP contribution in [0.3, 0.4) is 0 Å². The lowest BCUT2D eigenvalue weighted by Gasteiger charge is -2.01. The Hall–Kier alpha value is -1.14. The van der Waals surface area contributed by atoms with Gasteiger partial charge in [-0.3, -0.25) is 0 Å². The van der Waals surface area contributed by atoms with E-state index in [1.165, 1.54) is 0 Å². The highest BCUT2D eigenvalue weighted by Gasteiger charge is 2.10. The van der Waals surface area contributed by atoms with E-state index in [9.17, 15) is 0 Å². The van der Waals surface area contributed by atoms with E-state index in [-0.39, 0.29) is 0 Å². The number of rotatable bonds is 1. The van der Waals surface area contributed by atoms with Crippen molar-refractivity contribution in [3.63, 3.8) is 0 Å². The largest absolute Gasteiger partial charge is 0.336 e. The summed E-state index contributed by atoms with van der Waals surface area (Å²) >= 11 is 8.31. The first-order valence-corrected chi connectivity index (χ1v) is 6.87. The van der Waals surface area contributed by atoms with Gasteiger partial charge in [-0.05, 0) is 59.3 Å². The molecular weight excluding hydrogens is 361 g/mol. The van der Waals surface area contributed by atoms with Gasteiger partial charge in [0.05, 0.1) is 5.52 Å². The van der Waals surface area contributed by atoms with Gasteiger partial charge < -0.3 is 4.98 Å². The lowest BCUT2D eigenvalue weighted by atomic mass is 10.2. The Labute approximate surface area is 123 Å². The molecule has 18 heavy (non-hydrogen) atoms. The van der Waals surface area contributed by atoms with Crippen molar-refractivity contribution in [2.45, 2.75) is 6.92 Å². The van der Waals surface area contributed by atoms with Crippen molar-refractivity contribution in [1.82, 2.24) is 15.0 Å². The molecular formula is C13H9ClIN3.